The van der Waals surface area contributed by atoms with Crippen molar-refractivity contribution >= 4 is 0 Å². The molecule has 0 aliphatic carbocycles. The zero-order chi connectivity index (χ0) is 11.2. The lowest BCUT2D eigenvalue weighted by Crippen LogP contribution is -2.16. The van der Waals surface area contributed by atoms with Crippen molar-refractivity contribution < 1.29 is 23.0 Å². The van der Waals surface area contributed by atoms with Gasteiger partial charge in [-0.05, 0) is 24.3 Å². The molecule has 1 N–H and O–H groups in total. The Morgan fingerprint density at radius 1 is 1.07 bits per heavy atom. The van der Waals surface area contributed by atoms with E-state index in [9.17, 15) is 13.2 Å². The molecule has 1 aromatic rings. The highest BCUT2D eigenvalue weighted by molar-refractivity contribution is 5.30. The van der Waals surface area contributed by atoms with Crippen LogP contribution in [0.25, 0.3) is 0 Å². The summed E-state index contributed by atoms with van der Waals surface area (Å²) < 4.78 is 38.2. The number of benzene rings is 1. The Morgan fingerprint density at radius 2 is 1.50 bits per heavy atom. The number of phenols is 1. The fourth-order valence-corrected chi connectivity index (χ4v) is 0.648. The van der Waals surface area contributed by atoms with Crippen LogP contribution in [0.15, 0.2) is 24.3 Å². The summed E-state index contributed by atoms with van der Waals surface area (Å²) in [5.41, 5.74) is 0. The summed E-state index contributed by atoms with van der Waals surface area (Å²) in [4.78, 5) is 0. The third-order valence-electron chi connectivity index (χ3n) is 1.07. The second kappa shape index (κ2) is 5.36. The number of hydrogen-bond donors (Lipinski definition) is 1. The molecule has 0 amide bonds. The van der Waals surface area contributed by atoms with Crippen LogP contribution in [0.5, 0.6) is 11.5 Å². The number of alkyl halides is 3. The molecule has 0 atom stereocenters. The van der Waals surface area contributed by atoms with E-state index in [1.165, 1.54) is 0 Å². The van der Waals surface area contributed by atoms with E-state index >= 15 is 0 Å². The number of phenolic OH excluding ortho intramolecular Hbond substituents is 1. The average Bonchev–Trinajstić information content (AvgIpc) is 2.10. The smallest absolute Gasteiger partial charge is 0.508 e. The Kier molecular flexibility index (Phi) is 4.83. The SMILES string of the molecule is CC.Oc1ccc(OC(F)(F)F)cc1. The van der Waals surface area contributed by atoms with Crippen molar-refractivity contribution in [3.8, 4) is 11.5 Å². The molecule has 0 unspecified atom stereocenters. The van der Waals surface area contributed by atoms with E-state index in [0.29, 0.717) is 0 Å². The van der Waals surface area contributed by atoms with Gasteiger partial charge in [-0.25, -0.2) is 0 Å². The molecule has 0 saturated heterocycles. The largest absolute Gasteiger partial charge is 0.573 e. The highest BCUT2D eigenvalue weighted by Gasteiger charge is 2.30. The molecular formula is C9H11F3O2. The second-order valence-electron chi connectivity index (χ2n) is 2.04. The molecule has 0 aromatic heterocycles. The van der Waals surface area contributed by atoms with Crippen LogP contribution in [0, 0.1) is 0 Å². The van der Waals surface area contributed by atoms with Gasteiger partial charge in [0.05, 0.1) is 0 Å². The first-order valence-electron chi connectivity index (χ1n) is 4.02. The fourth-order valence-electron chi connectivity index (χ4n) is 0.648. The molecule has 14 heavy (non-hydrogen) atoms. The van der Waals surface area contributed by atoms with E-state index in [-0.39, 0.29) is 11.5 Å². The summed E-state index contributed by atoms with van der Waals surface area (Å²) in [6.07, 6.45) is -4.68. The van der Waals surface area contributed by atoms with Gasteiger partial charge in [-0.15, -0.1) is 13.2 Å². The average molecular weight is 208 g/mol. The van der Waals surface area contributed by atoms with Gasteiger partial charge in [-0.1, -0.05) is 13.8 Å². The predicted octanol–water partition coefficient (Wildman–Crippen LogP) is 3.32. The number of aromatic hydroxyl groups is 1. The molecule has 0 aliphatic rings. The van der Waals surface area contributed by atoms with Crippen LogP contribution in [-0.2, 0) is 0 Å². The van der Waals surface area contributed by atoms with E-state index in [1.54, 1.807) is 0 Å². The molecule has 0 spiro atoms. The van der Waals surface area contributed by atoms with Gasteiger partial charge >= 0.3 is 6.36 Å². The first kappa shape index (κ1) is 12.6. The summed E-state index contributed by atoms with van der Waals surface area (Å²) >= 11 is 0. The Labute approximate surface area is 79.9 Å². The summed E-state index contributed by atoms with van der Waals surface area (Å²) in [7, 11) is 0. The van der Waals surface area contributed by atoms with E-state index in [2.05, 4.69) is 4.74 Å². The van der Waals surface area contributed by atoms with Crippen molar-refractivity contribution in [1.82, 2.24) is 0 Å². The number of hydrogen-bond acceptors (Lipinski definition) is 2. The monoisotopic (exact) mass is 208 g/mol. The Bertz CT molecular complexity index is 254. The van der Waals surface area contributed by atoms with Gasteiger partial charge in [0.2, 0.25) is 0 Å². The molecule has 0 fully saturated rings. The highest BCUT2D eigenvalue weighted by Crippen LogP contribution is 2.23. The zero-order valence-corrected chi connectivity index (χ0v) is 7.80. The first-order valence-corrected chi connectivity index (χ1v) is 4.02. The summed E-state index contributed by atoms with van der Waals surface area (Å²) in [6, 6.07) is 4.29. The minimum absolute atomic E-state index is 0.107. The minimum Gasteiger partial charge on any atom is -0.508 e. The molecule has 1 aromatic carbocycles. The maximum atomic E-state index is 11.6. The van der Waals surface area contributed by atoms with Gasteiger partial charge in [-0.2, -0.15) is 0 Å². The molecule has 0 radical (unpaired) electrons. The standard InChI is InChI=1S/C7H5F3O2.C2H6/c8-7(9,10)12-6-3-1-5(11)2-4-6;1-2/h1-4,11H;1-2H3. The summed E-state index contributed by atoms with van der Waals surface area (Å²) in [5, 5.41) is 8.72. The maximum absolute atomic E-state index is 11.6. The number of rotatable bonds is 1. The third-order valence-corrected chi connectivity index (χ3v) is 1.07. The van der Waals surface area contributed by atoms with Crippen LogP contribution in [-0.4, -0.2) is 11.5 Å². The van der Waals surface area contributed by atoms with Crippen LogP contribution in [0.1, 0.15) is 13.8 Å². The van der Waals surface area contributed by atoms with Crippen LogP contribution < -0.4 is 4.74 Å². The van der Waals surface area contributed by atoms with E-state index in [0.717, 1.165) is 24.3 Å². The molecule has 1 rings (SSSR count). The highest BCUT2D eigenvalue weighted by atomic mass is 19.4. The Hall–Kier alpha value is -1.39. The minimum atomic E-state index is -4.68. The molecule has 80 valence electrons. The Balaban J connectivity index is 0.000000791. The van der Waals surface area contributed by atoms with Crippen molar-refractivity contribution in [3.63, 3.8) is 0 Å². The van der Waals surface area contributed by atoms with Crippen molar-refractivity contribution in [2.75, 3.05) is 0 Å². The molecular weight excluding hydrogens is 197 g/mol. The Morgan fingerprint density at radius 3 is 1.86 bits per heavy atom. The lowest BCUT2D eigenvalue weighted by molar-refractivity contribution is -0.274. The van der Waals surface area contributed by atoms with Gasteiger partial charge < -0.3 is 9.84 Å². The van der Waals surface area contributed by atoms with Gasteiger partial charge in [0.15, 0.2) is 0 Å². The summed E-state index contributed by atoms with van der Waals surface area (Å²) in [6.45, 7) is 4.00. The van der Waals surface area contributed by atoms with Crippen molar-refractivity contribution in [1.29, 1.82) is 0 Å². The predicted molar refractivity (Wildman–Crippen MR) is 46.1 cm³/mol. The molecule has 0 aliphatic heterocycles. The number of halogens is 3. The van der Waals surface area contributed by atoms with Gasteiger partial charge in [0, 0.05) is 0 Å². The maximum Gasteiger partial charge on any atom is 0.573 e. The lowest BCUT2D eigenvalue weighted by Gasteiger charge is -2.07. The molecule has 0 heterocycles. The molecule has 0 saturated carbocycles. The normalized spacial score (nSPS) is 10.1. The topological polar surface area (TPSA) is 29.5 Å². The van der Waals surface area contributed by atoms with Gasteiger partial charge in [0.25, 0.3) is 0 Å². The van der Waals surface area contributed by atoms with Crippen molar-refractivity contribution in [2.24, 2.45) is 0 Å². The van der Waals surface area contributed by atoms with Crippen molar-refractivity contribution in [3.05, 3.63) is 24.3 Å². The zero-order valence-electron chi connectivity index (χ0n) is 7.80. The van der Waals surface area contributed by atoms with E-state index in [1.807, 2.05) is 13.8 Å². The molecule has 2 nitrogen and oxygen atoms in total. The van der Waals surface area contributed by atoms with Crippen LogP contribution in [0.4, 0.5) is 13.2 Å². The fraction of sp³-hybridized carbons (Fsp3) is 0.333. The van der Waals surface area contributed by atoms with Gasteiger partial charge in [0.1, 0.15) is 11.5 Å². The quantitative estimate of drug-likeness (QED) is 0.767. The van der Waals surface area contributed by atoms with E-state index < -0.39 is 6.36 Å². The van der Waals surface area contributed by atoms with Crippen LogP contribution in [0.3, 0.4) is 0 Å². The van der Waals surface area contributed by atoms with Gasteiger partial charge in [-0.3, -0.25) is 0 Å². The van der Waals surface area contributed by atoms with E-state index in [4.69, 9.17) is 5.11 Å². The first-order chi connectivity index (χ1) is 6.47. The van der Waals surface area contributed by atoms with Crippen LogP contribution >= 0.6 is 0 Å². The molecule has 0 bridgehead atoms. The lowest BCUT2D eigenvalue weighted by atomic mass is 10.3. The number of ether oxygens (including phenoxy) is 1. The second-order valence-corrected chi connectivity index (χ2v) is 2.04. The van der Waals surface area contributed by atoms with Crippen LogP contribution in [0.2, 0.25) is 0 Å². The van der Waals surface area contributed by atoms with Crippen molar-refractivity contribution in [2.45, 2.75) is 20.2 Å². The third kappa shape index (κ3) is 5.29. The molecule has 5 heteroatoms. The summed E-state index contributed by atoms with van der Waals surface area (Å²) in [5.74, 6) is -0.454.